The third-order valence-corrected chi connectivity index (χ3v) is 3.61. The van der Waals surface area contributed by atoms with Crippen molar-refractivity contribution >= 4 is 11.6 Å². The summed E-state index contributed by atoms with van der Waals surface area (Å²) in [5.74, 6) is 0. The van der Waals surface area contributed by atoms with Gasteiger partial charge in [-0.1, -0.05) is 18.5 Å². The van der Waals surface area contributed by atoms with E-state index in [1.165, 1.54) is 0 Å². The van der Waals surface area contributed by atoms with Crippen molar-refractivity contribution in [1.29, 1.82) is 5.26 Å². The van der Waals surface area contributed by atoms with Crippen molar-refractivity contribution in [1.82, 2.24) is 14.7 Å². The normalized spacial score (nSPS) is 20.9. The van der Waals surface area contributed by atoms with Crippen LogP contribution < -0.4 is 0 Å². The summed E-state index contributed by atoms with van der Waals surface area (Å²) in [6, 6.07) is 2.15. The van der Waals surface area contributed by atoms with E-state index >= 15 is 0 Å². The van der Waals surface area contributed by atoms with Crippen molar-refractivity contribution in [2.75, 3.05) is 19.7 Å². The summed E-state index contributed by atoms with van der Waals surface area (Å²) in [6.45, 7) is 4.79. The summed E-state index contributed by atoms with van der Waals surface area (Å²) in [5, 5.41) is 14.0. The monoisotopic (exact) mass is 268 g/mol. The van der Waals surface area contributed by atoms with Crippen LogP contribution in [0.2, 0.25) is 5.02 Å². The molecule has 1 aromatic rings. The van der Waals surface area contributed by atoms with Gasteiger partial charge in [0.25, 0.3) is 0 Å². The highest BCUT2D eigenvalue weighted by atomic mass is 35.5. The van der Waals surface area contributed by atoms with E-state index in [-0.39, 0.29) is 6.10 Å². The van der Waals surface area contributed by atoms with Gasteiger partial charge in [-0.2, -0.15) is 10.4 Å². The molecule has 0 bridgehead atoms. The van der Waals surface area contributed by atoms with Gasteiger partial charge in [-0.15, -0.1) is 0 Å². The molecule has 1 unspecified atom stereocenters. The maximum atomic E-state index is 8.88. The minimum atomic E-state index is -0.337. The zero-order valence-electron chi connectivity index (χ0n) is 10.7. The molecule has 2 heterocycles. The van der Waals surface area contributed by atoms with Gasteiger partial charge in [0.2, 0.25) is 0 Å². The highest BCUT2D eigenvalue weighted by molar-refractivity contribution is 6.31. The number of rotatable bonds is 3. The van der Waals surface area contributed by atoms with Crippen molar-refractivity contribution < 1.29 is 4.74 Å². The lowest BCUT2D eigenvalue weighted by Gasteiger charge is -2.29. The molecule has 1 aliphatic rings. The zero-order chi connectivity index (χ0) is 13.1. The number of hydrogen-bond donors (Lipinski definition) is 0. The molecule has 5 nitrogen and oxygen atoms in total. The second-order valence-corrected chi connectivity index (χ2v) is 4.79. The predicted molar refractivity (Wildman–Crippen MR) is 68.2 cm³/mol. The highest BCUT2D eigenvalue weighted by Crippen LogP contribution is 2.22. The smallest absolute Gasteiger partial charge is 0.156 e. The fourth-order valence-electron chi connectivity index (χ4n) is 2.13. The fraction of sp³-hybridized carbons (Fsp3) is 0.667. The summed E-state index contributed by atoms with van der Waals surface area (Å²) in [5.41, 5.74) is 1.94. The van der Waals surface area contributed by atoms with Crippen molar-refractivity contribution in [2.45, 2.75) is 26.0 Å². The van der Waals surface area contributed by atoms with Gasteiger partial charge >= 0.3 is 0 Å². The molecule has 1 atom stereocenters. The second kappa shape index (κ2) is 5.70. The van der Waals surface area contributed by atoms with Crippen LogP contribution in [0.4, 0.5) is 0 Å². The summed E-state index contributed by atoms with van der Waals surface area (Å²) >= 11 is 6.31. The van der Waals surface area contributed by atoms with Gasteiger partial charge in [-0.3, -0.25) is 9.58 Å². The van der Waals surface area contributed by atoms with Crippen LogP contribution in [-0.4, -0.2) is 40.5 Å². The third kappa shape index (κ3) is 2.66. The number of morpholine rings is 1. The summed E-state index contributed by atoms with van der Waals surface area (Å²) < 4.78 is 7.16. The molecule has 0 aliphatic carbocycles. The van der Waals surface area contributed by atoms with Crippen LogP contribution >= 0.6 is 11.6 Å². The lowest BCUT2D eigenvalue weighted by atomic mass is 10.2. The van der Waals surface area contributed by atoms with Gasteiger partial charge in [0.1, 0.15) is 0 Å². The number of aryl methyl sites for hydroxylation is 2. The van der Waals surface area contributed by atoms with E-state index in [9.17, 15) is 0 Å². The van der Waals surface area contributed by atoms with Crippen molar-refractivity contribution in [3.63, 3.8) is 0 Å². The molecular formula is C12H17ClN4O. The SMILES string of the molecule is CCc1nn(C)c(CN2CCOC(C#N)C2)c1Cl. The van der Waals surface area contributed by atoms with Crippen LogP contribution in [0.15, 0.2) is 0 Å². The van der Waals surface area contributed by atoms with E-state index in [0.717, 1.165) is 29.4 Å². The molecular weight excluding hydrogens is 252 g/mol. The second-order valence-electron chi connectivity index (χ2n) is 4.41. The van der Waals surface area contributed by atoms with Crippen LogP contribution in [0.3, 0.4) is 0 Å². The van der Waals surface area contributed by atoms with E-state index in [1.54, 1.807) is 0 Å². The number of aromatic nitrogens is 2. The molecule has 2 rings (SSSR count). The first kappa shape index (κ1) is 13.3. The Bertz CT molecular complexity index is 465. The molecule has 0 aromatic carbocycles. The third-order valence-electron chi connectivity index (χ3n) is 3.17. The van der Waals surface area contributed by atoms with Crippen LogP contribution in [0, 0.1) is 11.3 Å². The van der Waals surface area contributed by atoms with Crippen LogP contribution in [-0.2, 0) is 24.8 Å². The number of ether oxygens (including phenoxy) is 1. The molecule has 18 heavy (non-hydrogen) atoms. The lowest BCUT2D eigenvalue weighted by Crippen LogP contribution is -2.41. The standard InChI is InChI=1S/C12H17ClN4O/c1-3-10-12(13)11(16(2)15-10)8-17-4-5-18-9(6-14)7-17/h9H,3-5,7-8H2,1-2H3. The molecule has 0 N–H and O–H groups in total. The average Bonchev–Trinajstić information content (AvgIpc) is 2.66. The Morgan fingerprint density at radius 1 is 1.61 bits per heavy atom. The van der Waals surface area contributed by atoms with E-state index in [0.29, 0.717) is 19.7 Å². The van der Waals surface area contributed by atoms with E-state index in [4.69, 9.17) is 21.6 Å². The Balaban J connectivity index is 2.10. The van der Waals surface area contributed by atoms with Gasteiger partial charge in [-0.25, -0.2) is 0 Å². The number of hydrogen-bond acceptors (Lipinski definition) is 4. The molecule has 0 saturated carbocycles. The molecule has 1 aromatic heterocycles. The molecule has 0 amide bonds. The Labute approximate surface area is 112 Å². The number of nitriles is 1. The van der Waals surface area contributed by atoms with Crippen LogP contribution in [0.1, 0.15) is 18.3 Å². The first-order valence-electron chi connectivity index (χ1n) is 6.09. The summed E-state index contributed by atoms with van der Waals surface area (Å²) in [6.07, 6.45) is 0.493. The molecule has 98 valence electrons. The molecule has 6 heteroatoms. The molecule has 0 spiro atoms. The minimum absolute atomic E-state index is 0.337. The van der Waals surface area contributed by atoms with Crippen molar-refractivity contribution in [3.8, 4) is 6.07 Å². The molecule has 1 aliphatic heterocycles. The number of nitrogens with zero attached hydrogens (tertiary/aromatic N) is 4. The van der Waals surface area contributed by atoms with Gasteiger partial charge in [-0.05, 0) is 6.42 Å². The summed E-state index contributed by atoms with van der Waals surface area (Å²) in [4.78, 5) is 2.18. The van der Waals surface area contributed by atoms with Gasteiger partial charge in [0.05, 0.1) is 29.1 Å². The maximum absolute atomic E-state index is 8.88. The first-order chi connectivity index (χ1) is 8.65. The quantitative estimate of drug-likeness (QED) is 0.831. The van der Waals surface area contributed by atoms with Crippen LogP contribution in [0.25, 0.3) is 0 Å². The van der Waals surface area contributed by atoms with Gasteiger partial charge in [0.15, 0.2) is 6.10 Å². The maximum Gasteiger partial charge on any atom is 0.156 e. The van der Waals surface area contributed by atoms with Crippen LogP contribution in [0.5, 0.6) is 0 Å². The topological polar surface area (TPSA) is 54.1 Å². The number of halogens is 1. The highest BCUT2D eigenvalue weighted by Gasteiger charge is 2.22. The zero-order valence-corrected chi connectivity index (χ0v) is 11.4. The predicted octanol–water partition coefficient (Wildman–Crippen LogP) is 1.36. The Morgan fingerprint density at radius 3 is 3.00 bits per heavy atom. The van der Waals surface area contributed by atoms with E-state index in [2.05, 4.69) is 16.1 Å². The van der Waals surface area contributed by atoms with Gasteiger partial charge in [0, 0.05) is 26.7 Å². The Morgan fingerprint density at radius 2 is 2.39 bits per heavy atom. The van der Waals surface area contributed by atoms with E-state index in [1.807, 2.05) is 18.7 Å². The van der Waals surface area contributed by atoms with Crippen molar-refractivity contribution in [3.05, 3.63) is 16.4 Å². The lowest BCUT2D eigenvalue weighted by molar-refractivity contribution is -0.00348. The minimum Gasteiger partial charge on any atom is -0.361 e. The first-order valence-corrected chi connectivity index (χ1v) is 6.47. The fourth-order valence-corrected chi connectivity index (χ4v) is 2.48. The molecule has 0 radical (unpaired) electrons. The molecule has 1 fully saturated rings. The van der Waals surface area contributed by atoms with Crippen molar-refractivity contribution in [2.24, 2.45) is 7.05 Å². The average molecular weight is 269 g/mol. The molecule has 1 saturated heterocycles. The van der Waals surface area contributed by atoms with E-state index < -0.39 is 0 Å². The Hall–Kier alpha value is -1.09. The Kier molecular flexibility index (Phi) is 4.23. The largest absolute Gasteiger partial charge is 0.361 e. The summed E-state index contributed by atoms with van der Waals surface area (Å²) in [7, 11) is 1.91. The van der Waals surface area contributed by atoms with Gasteiger partial charge < -0.3 is 4.74 Å².